The summed E-state index contributed by atoms with van der Waals surface area (Å²) in [6.07, 6.45) is 3.85. The van der Waals surface area contributed by atoms with Crippen molar-refractivity contribution in [2.75, 3.05) is 32.8 Å². The minimum atomic E-state index is 0.241. The molecule has 0 aromatic rings. The number of hydrogen-bond donors (Lipinski definition) is 1. The standard InChI is InChI=1S/C12H28N2O/c1-4-7-9-14(5-2)10-8-12(11-13)15-6-3/h12H,4-11,13H2,1-3H3. The van der Waals surface area contributed by atoms with Crippen molar-refractivity contribution in [3.63, 3.8) is 0 Å². The maximum atomic E-state index is 5.64. The van der Waals surface area contributed by atoms with E-state index in [1.807, 2.05) is 6.92 Å². The average molecular weight is 216 g/mol. The minimum Gasteiger partial charge on any atom is -0.377 e. The summed E-state index contributed by atoms with van der Waals surface area (Å²) in [6.45, 7) is 11.3. The molecule has 1 atom stereocenters. The normalized spacial score (nSPS) is 13.4. The molecule has 0 aromatic carbocycles. The van der Waals surface area contributed by atoms with Crippen LogP contribution in [0, 0.1) is 0 Å². The molecule has 0 aliphatic heterocycles. The molecule has 0 rings (SSSR count). The van der Waals surface area contributed by atoms with Gasteiger partial charge in [0.2, 0.25) is 0 Å². The highest BCUT2D eigenvalue weighted by Gasteiger charge is 2.08. The van der Waals surface area contributed by atoms with E-state index in [-0.39, 0.29) is 6.10 Å². The van der Waals surface area contributed by atoms with E-state index < -0.39 is 0 Å². The summed E-state index contributed by atoms with van der Waals surface area (Å²) in [6, 6.07) is 0. The van der Waals surface area contributed by atoms with Crippen LogP contribution in [-0.4, -0.2) is 43.8 Å². The van der Waals surface area contributed by atoms with Crippen molar-refractivity contribution in [2.45, 2.75) is 46.1 Å². The van der Waals surface area contributed by atoms with Crippen LogP contribution in [-0.2, 0) is 4.74 Å². The largest absolute Gasteiger partial charge is 0.377 e. The molecule has 3 heteroatoms. The fourth-order valence-electron chi connectivity index (χ4n) is 1.64. The van der Waals surface area contributed by atoms with Crippen molar-refractivity contribution in [3.8, 4) is 0 Å². The topological polar surface area (TPSA) is 38.5 Å². The molecule has 0 amide bonds. The Morgan fingerprint density at radius 3 is 2.40 bits per heavy atom. The molecule has 0 saturated carbocycles. The van der Waals surface area contributed by atoms with Gasteiger partial charge in [0, 0.05) is 19.7 Å². The molecule has 0 radical (unpaired) electrons. The Balaban J connectivity index is 3.66. The van der Waals surface area contributed by atoms with E-state index in [9.17, 15) is 0 Å². The lowest BCUT2D eigenvalue weighted by Crippen LogP contribution is -2.32. The Morgan fingerprint density at radius 1 is 1.20 bits per heavy atom. The van der Waals surface area contributed by atoms with Crippen LogP contribution in [0.25, 0.3) is 0 Å². The maximum absolute atomic E-state index is 5.64. The molecule has 0 bridgehead atoms. The van der Waals surface area contributed by atoms with Gasteiger partial charge in [0.1, 0.15) is 0 Å². The molecule has 3 nitrogen and oxygen atoms in total. The second-order valence-electron chi connectivity index (χ2n) is 3.89. The monoisotopic (exact) mass is 216 g/mol. The second kappa shape index (κ2) is 10.4. The van der Waals surface area contributed by atoms with Gasteiger partial charge >= 0.3 is 0 Å². The zero-order valence-electron chi connectivity index (χ0n) is 10.7. The second-order valence-corrected chi connectivity index (χ2v) is 3.89. The molecule has 0 heterocycles. The van der Waals surface area contributed by atoms with Crippen LogP contribution in [0.2, 0.25) is 0 Å². The fourth-order valence-corrected chi connectivity index (χ4v) is 1.64. The minimum absolute atomic E-state index is 0.241. The number of nitrogens with two attached hydrogens (primary N) is 1. The molecule has 0 spiro atoms. The number of nitrogens with zero attached hydrogens (tertiary/aromatic N) is 1. The van der Waals surface area contributed by atoms with Gasteiger partial charge in [-0.25, -0.2) is 0 Å². The maximum Gasteiger partial charge on any atom is 0.0709 e. The fraction of sp³-hybridized carbons (Fsp3) is 1.00. The zero-order chi connectivity index (χ0) is 11.5. The van der Waals surface area contributed by atoms with E-state index in [2.05, 4.69) is 18.7 Å². The van der Waals surface area contributed by atoms with Gasteiger partial charge < -0.3 is 15.4 Å². The summed E-state index contributed by atoms with van der Waals surface area (Å²) in [5.74, 6) is 0. The van der Waals surface area contributed by atoms with Gasteiger partial charge in [-0.3, -0.25) is 0 Å². The van der Waals surface area contributed by atoms with E-state index >= 15 is 0 Å². The quantitative estimate of drug-likeness (QED) is 0.606. The van der Waals surface area contributed by atoms with Crippen LogP contribution in [0.3, 0.4) is 0 Å². The van der Waals surface area contributed by atoms with Crippen molar-refractivity contribution in [2.24, 2.45) is 5.73 Å². The first kappa shape index (κ1) is 14.9. The summed E-state index contributed by atoms with van der Waals surface area (Å²) in [5.41, 5.74) is 5.64. The molecule has 1 unspecified atom stereocenters. The summed E-state index contributed by atoms with van der Waals surface area (Å²) in [4.78, 5) is 2.48. The average Bonchev–Trinajstić information content (AvgIpc) is 2.27. The lowest BCUT2D eigenvalue weighted by molar-refractivity contribution is 0.0546. The molecule has 2 N–H and O–H groups in total. The van der Waals surface area contributed by atoms with Crippen LogP contribution in [0.5, 0.6) is 0 Å². The summed E-state index contributed by atoms with van der Waals surface area (Å²) in [7, 11) is 0. The highest BCUT2D eigenvalue weighted by Crippen LogP contribution is 2.01. The third-order valence-electron chi connectivity index (χ3n) is 2.71. The van der Waals surface area contributed by atoms with Gasteiger partial charge in [-0.15, -0.1) is 0 Å². The Morgan fingerprint density at radius 2 is 1.93 bits per heavy atom. The molecular weight excluding hydrogens is 188 g/mol. The van der Waals surface area contributed by atoms with E-state index in [1.54, 1.807) is 0 Å². The van der Waals surface area contributed by atoms with Gasteiger partial charge in [0.25, 0.3) is 0 Å². The van der Waals surface area contributed by atoms with E-state index in [0.29, 0.717) is 6.54 Å². The number of hydrogen-bond acceptors (Lipinski definition) is 3. The lowest BCUT2D eigenvalue weighted by Gasteiger charge is -2.23. The lowest BCUT2D eigenvalue weighted by atomic mass is 10.2. The van der Waals surface area contributed by atoms with Gasteiger partial charge in [0.15, 0.2) is 0 Å². The molecule has 0 saturated heterocycles. The van der Waals surface area contributed by atoms with Crippen LogP contribution in [0.4, 0.5) is 0 Å². The van der Waals surface area contributed by atoms with Crippen LogP contribution < -0.4 is 5.73 Å². The third-order valence-corrected chi connectivity index (χ3v) is 2.71. The van der Waals surface area contributed by atoms with Crippen LogP contribution in [0.15, 0.2) is 0 Å². The smallest absolute Gasteiger partial charge is 0.0709 e. The van der Waals surface area contributed by atoms with E-state index in [1.165, 1.54) is 19.4 Å². The summed E-state index contributed by atoms with van der Waals surface area (Å²) < 4.78 is 5.54. The van der Waals surface area contributed by atoms with Gasteiger partial charge in [-0.2, -0.15) is 0 Å². The highest BCUT2D eigenvalue weighted by molar-refractivity contribution is 4.63. The number of ether oxygens (including phenoxy) is 1. The molecule has 92 valence electrons. The molecule has 0 aromatic heterocycles. The van der Waals surface area contributed by atoms with Gasteiger partial charge in [-0.1, -0.05) is 20.3 Å². The molecule has 15 heavy (non-hydrogen) atoms. The SMILES string of the molecule is CCCCN(CC)CCC(CN)OCC. The van der Waals surface area contributed by atoms with E-state index in [0.717, 1.165) is 26.1 Å². The van der Waals surface area contributed by atoms with Crippen molar-refractivity contribution < 1.29 is 4.74 Å². The summed E-state index contributed by atoms with van der Waals surface area (Å²) in [5, 5.41) is 0. The molecule has 0 aliphatic rings. The van der Waals surface area contributed by atoms with Crippen molar-refractivity contribution in [1.29, 1.82) is 0 Å². The van der Waals surface area contributed by atoms with Crippen LogP contribution in [0.1, 0.15) is 40.0 Å². The number of rotatable bonds is 10. The first-order valence-corrected chi connectivity index (χ1v) is 6.32. The van der Waals surface area contributed by atoms with E-state index in [4.69, 9.17) is 10.5 Å². The Hall–Kier alpha value is -0.120. The van der Waals surface area contributed by atoms with Crippen molar-refractivity contribution >= 4 is 0 Å². The Labute approximate surface area is 95.0 Å². The third kappa shape index (κ3) is 7.77. The Kier molecular flexibility index (Phi) is 10.3. The van der Waals surface area contributed by atoms with Crippen molar-refractivity contribution in [1.82, 2.24) is 4.90 Å². The molecular formula is C12H28N2O. The molecule has 0 aliphatic carbocycles. The Bertz CT molecular complexity index is 131. The molecule has 0 fully saturated rings. The van der Waals surface area contributed by atoms with Crippen LogP contribution >= 0.6 is 0 Å². The van der Waals surface area contributed by atoms with Crippen molar-refractivity contribution in [3.05, 3.63) is 0 Å². The number of unbranched alkanes of at least 4 members (excludes halogenated alkanes) is 1. The van der Waals surface area contributed by atoms with Gasteiger partial charge in [0.05, 0.1) is 6.10 Å². The zero-order valence-corrected chi connectivity index (χ0v) is 10.7. The van der Waals surface area contributed by atoms with Gasteiger partial charge in [-0.05, 0) is 32.9 Å². The highest BCUT2D eigenvalue weighted by atomic mass is 16.5. The first-order chi connectivity index (χ1) is 7.28. The summed E-state index contributed by atoms with van der Waals surface area (Å²) >= 11 is 0. The first-order valence-electron chi connectivity index (χ1n) is 6.32. The predicted octanol–water partition coefficient (Wildman–Crippen LogP) is 1.86. The predicted molar refractivity (Wildman–Crippen MR) is 66.1 cm³/mol.